The summed E-state index contributed by atoms with van der Waals surface area (Å²) in [5.74, 6) is 0.229. The van der Waals surface area contributed by atoms with Crippen molar-refractivity contribution in [2.45, 2.75) is 19.4 Å². The summed E-state index contributed by atoms with van der Waals surface area (Å²) in [7, 11) is 1.88. The van der Waals surface area contributed by atoms with Gasteiger partial charge >= 0.3 is 0 Å². The molecule has 4 N–H and O–H groups in total. The van der Waals surface area contributed by atoms with Gasteiger partial charge in [-0.2, -0.15) is 0 Å². The van der Waals surface area contributed by atoms with Gasteiger partial charge in [-0.1, -0.05) is 11.3 Å². The molecular weight excluding hydrogens is 465 g/mol. The number of aromatic nitrogens is 4. The van der Waals surface area contributed by atoms with E-state index in [4.69, 9.17) is 4.98 Å². The number of benzene rings is 1. The highest BCUT2D eigenvalue weighted by Gasteiger charge is 2.11. The summed E-state index contributed by atoms with van der Waals surface area (Å²) in [4.78, 5) is 22.3. The summed E-state index contributed by atoms with van der Waals surface area (Å²) in [5, 5.41) is 14.1. The molecule has 35 heavy (non-hydrogen) atoms. The molecule has 0 amide bonds. The lowest BCUT2D eigenvalue weighted by Crippen LogP contribution is -2.20. The van der Waals surface area contributed by atoms with Gasteiger partial charge in [0.1, 0.15) is 22.5 Å². The van der Waals surface area contributed by atoms with Crippen molar-refractivity contribution < 1.29 is 4.39 Å². The molecule has 0 radical (unpaired) electrons. The molecule has 0 unspecified atom stereocenters. The Labute approximate surface area is 207 Å². The van der Waals surface area contributed by atoms with Gasteiger partial charge in [0.15, 0.2) is 5.82 Å². The van der Waals surface area contributed by atoms with E-state index in [1.165, 1.54) is 12.4 Å². The molecule has 0 saturated heterocycles. The van der Waals surface area contributed by atoms with Gasteiger partial charge in [0.25, 0.3) is 0 Å². The number of fused-ring (bicyclic) bond motifs is 1. The fraction of sp³-hybridized carbons (Fsp3) is 0.292. The molecule has 0 spiro atoms. The molecule has 11 heteroatoms. The van der Waals surface area contributed by atoms with Crippen molar-refractivity contribution in [1.29, 1.82) is 0 Å². The van der Waals surface area contributed by atoms with Crippen LogP contribution in [0.3, 0.4) is 0 Å². The largest absolute Gasteiger partial charge is 0.388 e. The van der Waals surface area contributed by atoms with E-state index in [1.54, 1.807) is 23.6 Å². The molecular formula is C24H28FN9S. The van der Waals surface area contributed by atoms with Crippen LogP contribution < -0.4 is 21.3 Å². The molecule has 0 aliphatic carbocycles. The maximum absolute atomic E-state index is 13.8. The second-order valence-electron chi connectivity index (χ2n) is 7.69. The average Bonchev–Trinajstić information content (AvgIpc) is 3.31. The van der Waals surface area contributed by atoms with Crippen LogP contribution in [0.1, 0.15) is 17.1 Å². The number of pyridine rings is 1. The van der Waals surface area contributed by atoms with E-state index < -0.39 is 0 Å². The van der Waals surface area contributed by atoms with Crippen molar-refractivity contribution in [3.63, 3.8) is 0 Å². The minimum atomic E-state index is -0.352. The zero-order valence-corrected chi connectivity index (χ0v) is 20.3. The lowest BCUT2D eigenvalue weighted by Gasteiger charge is -2.11. The highest BCUT2D eigenvalue weighted by Crippen LogP contribution is 2.28. The lowest BCUT2D eigenvalue weighted by atomic mass is 10.2. The monoisotopic (exact) mass is 493 g/mol. The van der Waals surface area contributed by atoms with Crippen molar-refractivity contribution >= 4 is 51.3 Å². The van der Waals surface area contributed by atoms with Gasteiger partial charge in [0.05, 0.1) is 28.6 Å². The Hall–Kier alpha value is -3.70. The first-order valence-corrected chi connectivity index (χ1v) is 12.2. The SMILES string of the molecule is C=Nc1cc(NC)ccc1NCCCNCCc1nc2c(NCc3ncccc3F)ncnc2s1. The molecule has 1 aromatic carbocycles. The Morgan fingerprint density at radius 3 is 2.83 bits per heavy atom. The Kier molecular flexibility index (Phi) is 8.47. The molecule has 0 aliphatic rings. The van der Waals surface area contributed by atoms with Gasteiger partial charge in [-0.25, -0.2) is 19.3 Å². The predicted octanol–water partition coefficient (Wildman–Crippen LogP) is 4.24. The van der Waals surface area contributed by atoms with Crippen molar-refractivity contribution in [2.24, 2.45) is 4.99 Å². The number of anilines is 3. The van der Waals surface area contributed by atoms with Crippen LogP contribution in [0, 0.1) is 5.82 Å². The fourth-order valence-corrected chi connectivity index (χ4v) is 4.38. The number of rotatable bonds is 13. The number of aliphatic imine (C=N–C) groups is 1. The summed E-state index contributed by atoms with van der Waals surface area (Å²) >= 11 is 1.54. The highest BCUT2D eigenvalue weighted by molar-refractivity contribution is 7.18. The normalized spacial score (nSPS) is 10.9. The maximum atomic E-state index is 13.8. The molecule has 3 heterocycles. The van der Waals surface area contributed by atoms with E-state index >= 15 is 0 Å². The molecule has 0 fully saturated rings. The predicted molar refractivity (Wildman–Crippen MR) is 142 cm³/mol. The third-order valence-electron chi connectivity index (χ3n) is 5.32. The Morgan fingerprint density at radius 2 is 2.00 bits per heavy atom. The number of hydrogen-bond acceptors (Lipinski definition) is 10. The van der Waals surface area contributed by atoms with Crippen LogP contribution in [-0.4, -0.2) is 53.3 Å². The summed E-state index contributed by atoms with van der Waals surface area (Å²) in [6.45, 7) is 6.40. The van der Waals surface area contributed by atoms with Crippen LogP contribution in [0.4, 0.5) is 27.3 Å². The van der Waals surface area contributed by atoms with Gasteiger partial charge < -0.3 is 21.3 Å². The van der Waals surface area contributed by atoms with Gasteiger partial charge in [0, 0.05) is 38.4 Å². The Morgan fingerprint density at radius 1 is 1.09 bits per heavy atom. The van der Waals surface area contributed by atoms with E-state index in [0.29, 0.717) is 17.0 Å². The van der Waals surface area contributed by atoms with Crippen molar-refractivity contribution in [1.82, 2.24) is 25.3 Å². The minimum Gasteiger partial charge on any atom is -0.388 e. The standard InChI is InChI=1S/C24H28FN9S/c1-26-16-6-7-18(19(13-16)27-2)29-11-4-9-28-12-8-21-34-22-23(32-15-33-24(22)35-21)31-14-20-17(25)5-3-10-30-20/h3,5-7,10,13,15,26,28-29H,2,4,8-9,11-12,14H2,1H3,(H,31,32,33). The van der Waals surface area contributed by atoms with E-state index in [1.807, 2.05) is 25.2 Å². The molecule has 4 rings (SSSR count). The van der Waals surface area contributed by atoms with Gasteiger partial charge in [-0.05, 0) is 50.0 Å². The molecule has 9 nitrogen and oxygen atoms in total. The second kappa shape index (κ2) is 12.1. The number of thiazole rings is 1. The van der Waals surface area contributed by atoms with Crippen LogP contribution in [-0.2, 0) is 13.0 Å². The van der Waals surface area contributed by atoms with E-state index in [2.05, 4.69) is 47.9 Å². The number of nitrogens with one attached hydrogen (secondary N) is 4. The van der Waals surface area contributed by atoms with Gasteiger partial charge in [0.2, 0.25) is 0 Å². The van der Waals surface area contributed by atoms with Crippen molar-refractivity contribution in [3.8, 4) is 0 Å². The number of hydrogen-bond donors (Lipinski definition) is 4. The smallest absolute Gasteiger partial charge is 0.157 e. The molecule has 0 saturated carbocycles. The quantitative estimate of drug-likeness (QED) is 0.162. The summed E-state index contributed by atoms with van der Waals surface area (Å²) in [5.41, 5.74) is 3.85. The average molecular weight is 494 g/mol. The molecule has 4 aromatic rings. The Bertz CT molecular complexity index is 1280. The molecule has 3 aromatic heterocycles. The van der Waals surface area contributed by atoms with E-state index in [-0.39, 0.29) is 12.4 Å². The van der Waals surface area contributed by atoms with Crippen LogP contribution in [0.2, 0.25) is 0 Å². The van der Waals surface area contributed by atoms with Crippen LogP contribution >= 0.6 is 11.3 Å². The lowest BCUT2D eigenvalue weighted by molar-refractivity contribution is 0.602. The molecule has 182 valence electrons. The number of halogens is 1. The summed E-state index contributed by atoms with van der Waals surface area (Å²) < 4.78 is 13.8. The van der Waals surface area contributed by atoms with E-state index in [0.717, 1.165) is 59.4 Å². The maximum Gasteiger partial charge on any atom is 0.157 e. The van der Waals surface area contributed by atoms with Gasteiger partial charge in [-0.3, -0.25) is 9.98 Å². The Balaban J connectivity index is 1.22. The first kappa shape index (κ1) is 24.4. The molecule has 0 atom stereocenters. The third kappa shape index (κ3) is 6.46. The van der Waals surface area contributed by atoms with Gasteiger partial charge in [-0.15, -0.1) is 0 Å². The minimum absolute atomic E-state index is 0.227. The van der Waals surface area contributed by atoms with Crippen LogP contribution in [0.15, 0.2) is 47.8 Å². The first-order valence-electron chi connectivity index (χ1n) is 11.3. The third-order valence-corrected chi connectivity index (χ3v) is 6.34. The van der Waals surface area contributed by atoms with Crippen LogP contribution in [0.5, 0.6) is 0 Å². The summed E-state index contributed by atoms with van der Waals surface area (Å²) in [6, 6.07) is 8.94. The number of nitrogens with zero attached hydrogens (tertiary/aromatic N) is 5. The highest BCUT2D eigenvalue weighted by atomic mass is 32.1. The van der Waals surface area contributed by atoms with E-state index in [9.17, 15) is 4.39 Å². The molecule has 0 aliphatic heterocycles. The van der Waals surface area contributed by atoms with Crippen LogP contribution in [0.25, 0.3) is 10.3 Å². The first-order chi connectivity index (χ1) is 17.2. The van der Waals surface area contributed by atoms with Crippen molar-refractivity contribution in [3.05, 3.63) is 59.4 Å². The fourth-order valence-electron chi connectivity index (χ4n) is 3.47. The van der Waals surface area contributed by atoms with Crippen molar-refractivity contribution in [2.75, 3.05) is 42.6 Å². The topological polar surface area (TPSA) is 112 Å². The zero-order valence-electron chi connectivity index (χ0n) is 19.5. The zero-order chi connectivity index (χ0) is 24.5. The summed E-state index contributed by atoms with van der Waals surface area (Å²) in [6.07, 6.45) is 4.82. The second-order valence-corrected chi connectivity index (χ2v) is 8.75. The molecule has 0 bridgehead atoms.